The molecule has 2 bridgehead atoms. The molecule has 1 aromatic carbocycles. The first-order valence-corrected chi connectivity index (χ1v) is 7.62. The molecule has 1 aromatic heterocycles. The zero-order valence-corrected chi connectivity index (χ0v) is 12.4. The van der Waals surface area contributed by atoms with E-state index in [4.69, 9.17) is 4.74 Å². The predicted molar refractivity (Wildman–Crippen MR) is 80.9 cm³/mol. The summed E-state index contributed by atoms with van der Waals surface area (Å²) in [4.78, 5) is 12.1. The maximum absolute atomic E-state index is 12.1. The van der Waals surface area contributed by atoms with Gasteiger partial charge >= 0.3 is 0 Å². The third-order valence-electron chi connectivity index (χ3n) is 3.70. The Balaban J connectivity index is 1.73. The number of aromatic nitrogens is 3. The molecule has 6 nitrogen and oxygen atoms in total. The fourth-order valence-electron chi connectivity index (χ4n) is 2.53. The first-order valence-electron chi connectivity index (χ1n) is 7.62. The van der Waals surface area contributed by atoms with Gasteiger partial charge < -0.3 is 10.1 Å². The van der Waals surface area contributed by atoms with Crippen molar-refractivity contribution in [2.24, 2.45) is 0 Å². The second-order valence-corrected chi connectivity index (χ2v) is 5.48. The molecule has 116 valence electrons. The molecule has 0 aliphatic carbocycles. The minimum atomic E-state index is -0.135. The Morgan fingerprint density at radius 2 is 2.09 bits per heavy atom. The average Bonchev–Trinajstić information content (AvgIpc) is 2.99. The van der Waals surface area contributed by atoms with Gasteiger partial charge in [0, 0.05) is 13.0 Å². The van der Waals surface area contributed by atoms with Crippen LogP contribution in [0.5, 0.6) is 0 Å². The minimum absolute atomic E-state index is 0.0649. The quantitative estimate of drug-likeness (QED) is 0.872. The molecule has 0 radical (unpaired) electrons. The zero-order chi connectivity index (χ0) is 15.2. The Labute approximate surface area is 129 Å². The lowest BCUT2D eigenvalue weighted by atomic mass is 10.1. The molecule has 1 N–H and O–H groups in total. The molecular weight excluding hydrogens is 280 g/mol. The van der Waals surface area contributed by atoms with Crippen molar-refractivity contribution < 1.29 is 9.53 Å². The summed E-state index contributed by atoms with van der Waals surface area (Å²) in [5.41, 5.74) is 1.87. The van der Waals surface area contributed by atoms with Gasteiger partial charge in [-0.25, -0.2) is 0 Å². The van der Waals surface area contributed by atoms with E-state index in [1.165, 1.54) is 0 Å². The van der Waals surface area contributed by atoms with Crippen molar-refractivity contribution in [3.8, 4) is 0 Å². The summed E-state index contributed by atoms with van der Waals surface area (Å²) in [5, 5.41) is 11.2. The van der Waals surface area contributed by atoms with E-state index in [-0.39, 0.29) is 11.9 Å². The van der Waals surface area contributed by atoms with Gasteiger partial charge in [0.2, 0.25) is 5.91 Å². The molecule has 3 rings (SSSR count). The van der Waals surface area contributed by atoms with Crippen molar-refractivity contribution in [2.75, 3.05) is 6.61 Å². The number of ether oxygens (including phenoxy) is 1. The van der Waals surface area contributed by atoms with Crippen LogP contribution in [0.2, 0.25) is 0 Å². The van der Waals surface area contributed by atoms with Gasteiger partial charge in [0.05, 0.1) is 25.5 Å². The number of rotatable bonds is 1. The number of carbonyl (C=O) groups is 1. The van der Waals surface area contributed by atoms with Gasteiger partial charge in [-0.1, -0.05) is 35.5 Å². The normalized spacial score (nSPS) is 20.4. The highest BCUT2D eigenvalue weighted by Crippen LogP contribution is 2.15. The molecule has 1 aliphatic rings. The molecule has 6 heteroatoms. The molecule has 2 aromatic rings. The van der Waals surface area contributed by atoms with E-state index < -0.39 is 0 Å². The smallest absolute Gasteiger partial charge is 0.220 e. The summed E-state index contributed by atoms with van der Waals surface area (Å²) in [5.74, 6) is 0.0649. The van der Waals surface area contributed by atoms with Crippen LogP contribution in [0.3, 0.4) is 0 Å². The third kappa shape index (κ3) is 3.92. The molecule has 1 aliphatic heterocycles. The van der Waals surface area contributed by atoms with Gasteiger partial charge in [-0.15, -0.1) is 5.10 Å². The molecule has 22 heavy (non-hydrogen) atoms. The first kappa shape index (κ1) is 14.7. The standard InChI is InChI=1S/C16H20N4O2/c21-16-8-4-5-9-20-10-14(18-19-20)11-22-12-15(17-16)13-6-2-1-3-7-13/h1-3,6-7,10,15H,4-5,8-9,11-12H2,(H,17,21)/t15-/m1/s1. The molecular formula is C16H20N4O2. The lowest BCUT2D eigenvalue weighted by Gasteiger charge is -2.19. The van der Waals surface area contributed by atoms with Crippen molar-refractivity contribution in [1.82, 2.24) is 20.3 Å². The Bertz CT molecular complexity index is 612. The fourth-order valence-corrected chi connectivity index (χ4v) is 2.53. The largest absolute Gasteiger partial charge is 0.373 e. The van der Waals surface area contributed by atoms with Gasteiger partial charge in [-0.3, -0.25) is 9.48 Å². The summed E-state index contributed by atoms with van der Waals surface area (Å²) >= 11 is 0. The first-order chi connectivity index (χ1) is 10.8. The van der Waals surface area contributed by atoms with Gasteiger partial charge in [-0.05, 0) is 18.4 Å². The van der Waals surface area contributed by atoms with Crippen molar-refractivity contribution in [3.63, 3.8) is 0 Å². The topological polar surface area (TPSA) is 69.0 Å². The Morgan fingerprint density at radius 3 is 2.95 bits per heavy atom. The lowest BCUT2D eigenvalue weighted by molar-refractivity contribution is -0.122. The molecule has 0 saturated heterocycles. The maximum atomic E-state index is 12.1. The van der Waals surface area contributed by atoms with Crippen LogP contribution >= 0.6 is 0 Å². The van der Waals surface area contributed by atoms with Gasteiger partial charge in [0.15, 0.2) is 0 Å². The molecule has 0 saturated carbocycles. The van der Waals surface area contributed by atoms with Crippen LogP contribution in [0.15, 0.2) is 36.5 Å². The number of aryl methyl sites for hydroxylation is 1. The Morgan fingerprint density at radius 1 is 1.23 bits per heavy atom. The number of amides is 1. The number of hydrogen-bond acceptors (Lipinski definition) is 4. The van der Waals surface area contributed by atoms with Crippen molar-refractivity contribution in [3.05, 3.63) is 47.8 Å². The molecule has 1 amide bonds. The lowest BCUT2D eigenvalue weighted by Crippen LogP contribution is -2.31. The SMILES string of the molecule is O=C1CCCCn2cc(nn2)COC[C@H](c2ccccc2)N1. The Kier molecular flexibility index (Phi) is 4.80. The highest BCUT2D eigenvalue weighted by atomic mass is 16.5. The minimum Gasteiger partial charge on any atom is -0.373 e. The summed E-state index contributed by atoms with van der Waals surface area (Å²) < 4.78 is 7.54. The van der Waals surface area contributed by atoms with Crippen molar-refractivity contribution >= 4 is 5.91 Å². The third-order valence-corrected chi connectivity index (χ3v) is 3.70. The second-order valence-electron chi connectivity index (χ2n) is 5.48. The highest BCUT2D eigenvalue weighted by molar-refractivity contribution is 5.76. The molecule has 1 atom stereocenters. The van der Waals surface area contributed by atoms with Crippen LogP contribution in [0.4, 0.5) is 0 Å². The number of nitrogens with zero attached hydrogens (tertiary/aromatic N) is 3. The van der Waals surface area contributed by atoms with E-state index in [9.17, 15) is 4.79 Å². The highest BCUT2D eigenvalue weighted by Gasteiger charge is 2.15. The van der Waals surface area contributed by atoms with Gasteiger partial charge in [0.25, 0.3) is 0 Å². The van der Waals surface area contributed by atoms with Crippen LogP contribution in [0.25, 0.3) is 0 Å². The van der Waals surface area contributed by atoms with Crippen LogP contribution < -0.4 is 5.32 Å². The van der Waals surface area contributed by atoms with E-state index in [1.54, 1.807) is 0 Å². The average molecular weight is 300 g/mol. The summed E-state index contributed by atoms with van der Waals surface area (Å²) in [6.45, 7) is 1.60. The predicted octanol–water partition coefficient (Wildman–Crippen LogP) is 1.84. The van der Waals surface area contributed by atoms with Crippen LogP contribution in [-0.2, 0) is 22.7 Å². The van der Waals surface area contributed by atoms with E-state index in [2.05, 4.69) is 15.6 Å². The second kappa shape index (κ2) is 7.17. The molecule has 2 heterocycles. The Hall–Kier alpha value is -2.21. The molecule has 0 spiro atoms. The van der Waals surface area contributed by atoms with E-state index >= 15 is 0 Å². The number of nitrogens with one attached hydrogen (secondary N) is 1. The number of carbonyl (C=O) groups excluding carboxylic acids is 1. The van der Waals surface area contributed by atoms with Crippen molar-refractivity contribution in [1.29, 1.82) is 0 Å². The number of benzene rings is 1. The number of fused-ring (bicyclic) bond motifs is 2. The van der Waals surface area contributed by atoms with Crippen LogP contribution in [0.1, 0.15) is 36.6 Å². The fraction of sp³-hybridized carbons (Fsp3) is 0.438. The van der Waals surface area contributed by atoms with Crippen molar-refractivity contribution in [2.45, 2.75) is 38.5 Å². The molecule has 0 fully saturated rings. The van der Waals surface area contributed by atoms with Crippen LogP contribution in [0, 0.1) is 0 Å². The van der Waals surface area contributed by atoms with Gasteiger partial charge in [-0.2, -0.15) is 0 Å². The molecule has 0 unspecified atom stereocenters. The summed E-state index contributed by atoms with van der Waals surface area (Å²) in [7, 11) is 0. The maximum Gasteiger partial charge on any atom is 0.220 e. The van der Waals surface area contributed by atoms with Gasteiger partial charge in [0.1, 0.15) is 5.69 Å². The zero-order valence-electron chi connectivity index (χ0n) is 12.4. The summed E-state index contributed by atoms with van der Waals surface area (Å²) in [6.07, 6.45) is 4.17. The van der Waals surface area contributed by atoms with E-state index in [0.29, 0.717) is 19.6 Å². The number of hydrogen-bond donors (Lipinski definition) is 1. The van der Waals surface area contributed by atoms with Crippen LogP contribution in [-0.4, -0.2) is 27.5 Å². The monoisotopic (exact) mass is 300 g/mol. The summed E-state index contributed by atoms with van der Waals surface area (Å²) in [6, 6.07) is 9.77. The van der Waals surface area contributed by atoms with E-state index in [1.807, 2.05) is 41.2 Å². The van der Waals surface area contributed by atoms with E-state index in [0.717, 1.165) is 30.6 Å².